The molecule has 0 heterocycles. The molecule has 2 rings (SSSR count). The Kier molecular flexibility index (Phi) is 7.02. The van der Waals surface area contributed by atoms with Gasteiger partial charge in [0.05, 0.1) is 6.61 Å². The fourth-order valence-corrected chi connectivity index (χ4v) is 2.35. The van der Waals surface area contributed by atoms with Gasteiger partial charge in [-0.1, -0.05) is 19.1 Å². The van der Waals surface area contributed by atoms with Crippen LogP contribution >= 0.6 is 0 Å². The van der Waals surface area contributed by atoms with Gasteiger partial charge in [0.15, 0.2) is 6.61 Å². The van der Waals surface area contributed by atoms with Gasteiger partial charge in [0.25, 0.3) is 11.8 Å². The molecule has 2 aromatic rings. The van der Waals surface area contributed by atoms with Crippen molar-refractivity contribution < 1.29 is 19.1 Å². The molecule has 0 atom stereocenters. The Morgan fingerprint density at radius 2 is 1.65 bits per heavy atom. The highest BCUT2D eigenvalue weighted by Gasteiger charge is 2.09. The monoisotopic (exact) mass is 356 g/mol. The predicted molar refractivity (Wildman–Crippen MR) is 99.2 cm³/mol. The van der Waals surface area contributed by atoms with E-state index in [0.717, 1.165) is 17.5 Å². The van der Waals surface area contributed by atoms with E-state index in [0.29, 0.717) is 23.7 Å². The summed E-state index contributed by atoms with van der Waals surface area (Å²) in [6, 6.07) is 12.5. The second-order valence-electron chi connectivity index (χ2n) is 5.99. The number of ether oxygens (including phenoxy) is 2. The fraction of sp³-hybridized carbons (Fsp3) is 0.300. The number of carbonyl (C=O) groups excluding carboxylic acids is 2. The number of hydrogen-bond acceptors (Lipinski definition) is 4. The van der Waals surface area contributed by atoms with Crippen molar-refractivity contribution in [1.82, 2.24) is 10.9 Å². The second kappa shape index (κ2) is 9.46. The molecule has 0 aliphatic carbocycles. The maximum absolute atomic E-state index is 12.1. The molecular formula is C20H24N2O4. The van der Waals surface area contributed by atoms with Gasteiger partial charge in [-0.05, 0) is 61.7 Å². The summed E-state index contributed by atoms with van der Waals surface area (Å²) in [7, 11) is 0. The third-order valence-corrected chi connectivity index (χ3v) is 3.45. The average Bonchev–Trinajstić information content (AvgIpc) is 2.62. The largest absolute Gasteiger partial charge is 0.494 e. The first kappa shape index (κ1) is 19.3. The van der Waals surface area contributed by atoms with Crippen molar-refractivity contribution in [2.75, 3.05) is 13.2 Å². The number of nitrogens with one attached hydrogen (secondary N) is 2. The van der Waals surface area contributed by atoms with Crippen LogP contribution in [0.25, 0.3) is 0 Å². The van der Waals surface area contributed by atoms with Crippen molar-refractivity contribution in [2.45, 2.75) is 27.2 Å². The van der Waals surface area contributed by atoms with Crippen LogP contribution in [0.1, 0.15) is 34.8 Å². The van der Waals surface area contributed by atoms with Crippen LogP contribution in [0.2, 0.25) is 0 Å². The van der Waals surface area contributed by atoms with E-state index in [1.165, 1.54) is 0 Å². The molecule has 0 aliphatic rings. The van der Waals surface area contributed by atoms with Gasteiger partial charge >= 0.3 is 0 Å². The molecule has 138 valence electrons. The molecule has 0 aromatic heterocycles. The lowest BCUT2D eigenvalue weighted by Gasteiger charge is -2.10. The lowest BCUT2D eigenvalue weighted by atomic mass is 10.1. The van der Waals surface area contributed by atoms with Crippen molar-refractivity contribution in [2.24, 2.45) is 0 Å². The van der Waals surface area contributed by atoms with Crippen molar-refractivity contribution in [3.05, 3.63) is 59.2 Å². The summed E-state index contributed by atoms with van der Waals surface area (Å²) in [5.41, 5.74) is 7.21. The highest BCUT2D eigenvalue weighted by molar-refractivity contribution is 5.95. The van der Waals surface area contributed by atoms with Crippen LogP contribution in [-0.4, -0.2) is 25.0 Å². The number of benzene rings is 2. The zero-order valence-corrected chi connectivity index (χ0v) is 15.3. The molecule has 6 heteroatoms. The molecule has 0 saturated heterocycles. The number of amides is 2. The van der Waals surface area contributed by atoms with Crippen LogP contribution in [0.4, 0.5) is 0 Å². The molecule has 0 radical (unpaired) electrons. The predicted octanol–water partition coefficient (Wildman–Crippen LogP) is 2.93. The molecule has 0 aliphatic heterocycles. The molecule has 0 spiro atoms. The standard InChI is InChI=1S/C20H24N2O4/c1-4-8-25-17-7-5-6-16(12-17)20(24)22-21-19(23)13-26-18-10-14(2)9-15(3)11-18/h5-7,9-12H,4,8,13H2,1-3H3,(H,21,23)(H,22,24). The van der Waals surface area contributed by atoms with Crippen molar-refractivity contribution >= 4 is 11.8 Å². The topological polar surface area (TPSA) is 76.7 Å². The average molecular weight is 356 g/mol. The molecule has 26 heavy (non-hydrogen) atoms. The van der Waals surface area contributed by atoms with Gasteiger partial charge in [-0.3, -0.25) is 20.4 Å². The smallest absolute Gasteiger partial charge is 0.276 e. The number of carbonyl (C=O) groups is 2. The summed E-state index contributed by atoms with van der Waals surface area (Å²) in [4.78, 5) is 24.0. The fourth-order valence-electron chi connectivity index (χ4n) is 2.35. The van der Waals surface area contributed by atoms with Crippen LogP contribution in [0, 0.1) is 13.8 Å². The summed E-state index contributed by atoms with van der Waals surface area (Å²) in [6.07, 6.45) is 0.882. The molecule has 2 amide bonds. The highest BCUT2D eigenvalue weighted by Crippen LogP contribution is 2.16. The quantitative estimate of drug-likeness (QED) is 0.748. The number of hydrazine groups is 1. The normalized spacial score (nSPS) is 10.1. The third-order valence-electron chi connectivity index (χ3n) is 3.45. The van der Waals surface area contributed by atoms with Crippen molar-refractivity contribution in [3.63, 3.8) is 0 Å². The zero-order valence-electron chi connectivity index (χ0n) is 15.3. The van der Waals surface area contributed by atoms with E-state index in [1.807, 2.05) is 39.0 Å². The Morgan fingerprint density at radius 1 is 0.923 bits per heavy atom. The maximum atomic E-state index is 12.1. The van der Waals surface area contributed by atoms with E-state index in [1.54, 1.807) is 24.3 Å². The van der Waals surface area contributed by atoms with E-state index in [9.17, 15) is 9.59 Å². The van der Waals surface area contributed by atoms with E-state index in [-0.39, 0.29) is 6.61 Å². The Morgan fingerprint density at radius 3 is 2.35 bits per heavy atom. The van der Waals surface area contributed by atoms with Gasteiger partial charge in [0.1, 0.15) is 11.5 Å². The molecule has 2 N–H and O–H groups in total. The van der Waals surface area contributed by atoms with E-state index in [2.05, 4.69) is 10.9 Å². The Balaban J connectivity index is 1.82. The third kappa shape index (κ3) is 6.12. The van der Waals surface area contributed by atoms with Gasteiger partial charge in [0.2, 0.25) is 0 Å². The van der Waals surface area contributed by atoms with Crippen LogP contribution in [0.3, 0.4) is 0 Å². The maximum Gasteiger partial charge on any atom is 0.276 e. The molecule has 6 nitrogen and oxygen atoms in total. The minimum atomic E-state index is -0.448. The number of aryl methyl sites for hydroxylation is 2. The van der Waals surface area contributed by atoms with E-state index in [4.69, 9.17) is 9.47 Å². The summed E-state index contributed by atoms with van der Waals surface area (Å²) in [5.74, 6) is 0.358. The highest BCUT2D eigenvalue weighted by atomic mass is 16.5. The lowest BCUT2D eigenvalue weighted by molar-refractivity contribution is -0.123. The second-order valence-corrected chi connectivity index (χ2v) is 5.99. The SMILES string of the molecule is CCCOc1cccc(C(=O)NNC(=O)COc2cc(C)cc(C)c2)c1. The summed E-state index contributed by atoms with van der Waals surface area (Å²) < 4.78 is 10.9. The number of hydrogen-bond donors (Lipinski definition) is 2. The minimum Gasteiger partial charge on any atom is -0.494 e. The zero-order chi connectivity index (χ0) is 18.9. The first-order chi connectivity index (χ1) is 12.5. The van der Waals surface area contributed by atoms with Crippen LogP contribution in [-0.2, 0) is 4.79 Å². The van der Waals surface area contributed by atoms with Gasteiger partial charge in [-0.25, -0.2) is 0 Å². The number of rotatable bonds is 7. The van der Waals surface area contributed by atoms with Gasteiger partial charge < -0.3 is 9.47 Å². The van der Waals surface area contributed by atoms with Crippen molar-refractivity contribution in [1.29, 1.82) is 0 Å². The van der Waals surface area contributed by atoms with Crippen LogP contribution in [0.15, 0.2) is 42.5 Å². The van der Waals surface area contributed by atoms with Gasteiger partial charge in [-0.15, -0.1) is 0 Å². The molecule has 2 aromatic carbocycles. The molecule has 0 bridgehead atoms. The first-order valence-electron chi connectivity index (χ1n) is 8.51. The Labute approximate surface area is 153 Å². The van der Waals surface area contributed by atoms with E-state index >= 15 is 0 Å². The molecule has 0 fully saturated rings. The lowest BCUT2D eigenvalue weighted by Crippen LogP contribution is -2.43. The summed E-state index contributed by atoms with van der Waals surface area (Å²) >= 11 is 0. The van der Waals surface area contributed by atoms with Crippen LogP contribution in [0.5, 0.6) is 11.5 Å². The molecular weight excluding hydrogens is 332 g/mol. The van der Waals surface area contributed by atoms with E-state index < -0.39 is 11.8 Å². The van der Waals surface area contributed by atoms with Gasteiger partial charge in [-0.2, -0.15) is 0 Å². The Bertz CT molecular complexity index is 754. The molecule has 0 unspecified atom stereocenters. The summed E-state index contributed by atoms with van der Waals surface area (Å²) in [6.45, 7) is 6.31. The van der Waals surface area contributed by atoms with Gasteiger partial charge in [0, 0.05) is 5.56 Å². The Hall–Kier alpha value is -3.02. The van der Waals surface area contributed by atoms with Crippen molar-refractivity contribution in [3.8, 4) is 11.5 Å². The minimum absolute atomic E-state index is 0.192. The summed E-state index contributed by atoms with van der Waals surface area (Å²) in [5, 5.41) is 0. The molecule has 0 saturated carbocycles. The first-order valence-corrected chi connectivity index (χ1v) is 8.51. The van der Waals surface area contributed by atoms with Crippen LogP contribution < -0.4 is 20.3 Å².